The summed E-state index contributed by atoms with van der Waals surface area (Å²) in [5, 5.41) is 10.7. The zero-order chi connectivity index (χ0) is 10.3. The molecule has 78 valence electrons. The van der Waals surface area contributed by atoms with E-state index in [0.29, 0.717) is 6.54 Å². The fraction of sp³-hybridized carbons (Fsp3) is 0.364. The van der Waals surface area contributed by atoms with E-state index in [9.17, 15) is 5.11 Å². The van der Waals surface area contributed by atoms with Crippen LogP contribution in [0.25, 0.3) is 10.1 Å². The van der Waals surface area contributed by atoms with Crippen LogP contribution in [0.3, 0.4) is 0 Å². The molecule has 1 fully saturated rings. The lowest BCUT2D eigenvalue weighted by Gasteiger charge is -2.14. The fourth-order valence-corrected chi connectivity index (χ4v) is 2.83. The molecule has 0 bridgehead atoms. The van der Waals surface area contributed by atoms with Gasteiger partial charge < -0.3 is 10.0 Å². The Hall–Kier alpha value is -1.13. The van der Waals surface area contributed by atoms with Crippen molar-refractivity contribution in [3.63, 3.8) is 0 Å². The second-order valence-corrected chi connectivity index (χ2v) is 4.70. The first-order chi connectivity index (χ1) is 7.34. The van der Waals surface area contributed by atoms with Crippen LogP contribution in [-0.2, 0) is 0 Å². The van der Waals surface area contributed by atoms with Crippen LogP contribution >= 0.6 is 11.5 Å². The van der Waals surface area contributed by atoms with Crippen molar-refractivity contribution >= 4 is 27.4 Å². The van der Waals surface area contributed by atoms with Gasteiger partial charge in [-0.25, -0.2) is 0 Å². The molecule has 4 heteroatoms. The molecule has 1 atom stereocenters. The van der Waals surface area contributed by atoms with Crippen LogP contribution in [-0.4, -0.2) is 28.7 Å². The van der Waals surface area contributed by atoms with Crippen LogP contribution in [0.15, 0.2) is 24.3 Å². The summed E-state index contributed by atoms with van der Waals surface area (Å²) in [7, 11) is 0. The maximum Gasteiger partial charge on any atom is 0.150 e. The Kier molecular flexibility index (Phi) is 2.11. The van der Waals surface area contributed by atoms with E-state index in [1.807, 2.05) is 12.1 Å². The zero-order valence-electron chi connectivity index (χ0n) is 8.26. The first-order valence-electron chi connectivity index (χ1n) is 5.12. The van der Waals surface area contributed by atoms with Crippen molar-refractivity contribution in [3.05, 3.63) is 24.3 Å². The first-order valence-corrected chi connectivity index (χ1v) is 5.89. The van der Waals surface area contributed by atoms with Crippen molar-refractivity contribution < 1.29 is 5.11 Å². The average molecular weight is 220 g/mol. The summed E-state index contributed by atoms with van der Waals surface area (Å²) < 4.78 is 5.68. The van der Waals surface area contributed by atoms with E-state index < -0.39 is 0 Å². The predicted molar refractivity (Wildman–Crippen MR) is 62.5 cm³/mol. The normalized spacial score (nSPS) is 21.4. The summed E-state index contributed by atoms with van der Waals surface area (Å²) in [6.45, 7) is 1.63. The molecular weight excluding hydrogens is 208 g/mol. The number of aliphatic hydroxyl groups excluding tert-OH is 1. The highest BCUT2D eigenvalue weighted by atomic mass is 32.1. The maximum atomic E-state index is 9.50. The molecule has 2 aromatic rings. The van der Waals surface area contributed by atoms with Crippen LogP contribution in [0.5, 0.6) is 0 Å². The molecule has 0 saturated carbocycles. The lowest BCUT2D eigenvalue weighted by Crippen LogP contribution is -2.21. The van der Waals surface area contributed by atoms with Gasteiger partial charge in [0.05, 0.1) is 10.8 Å². The van der Waals surface area contributed by atoms with E-state index in [4.69, 9.17) is 0 Å². The van der Waals surface area contributed by atoms with Crippen molar-refractivity contribution in [1.82, 2.24) is 4.37 Å². The Morgan fingerprint density at radius 2 is 2.27 bits per heavy atom. The van der Waals surface area contributed by atoms with Gasteiger partial charge in [-0.2, -0.15) is 4.37 Å². The van der Waals surface area contributed by atoms with Gasteiger partial charge in [-0.05, 0) is 30.1 Å². The molecule has 2 heterocycles. The van der Waals surface area contributed by atoms with Gasteiger partial charge in [0.1, 0.15) is 5.82 Å². The largest absolute Gasteiger partial charge is 0.391 e. The van der Waals surface area contributed by atoms with Gasteiger partial charge in [-0.15, -0.1) is 0 Å². The van der Waals surface area contributed by atoms with E-state index in [1.165, 1.54) is 21.6 Å². The van der Waals surface area contributed by atoms with Crippen molar-refractivity contribution in [2.45, 2.75) is 12.5 Å². The number of rotatable bonds is 1. The SMILES string of the molecule is O[C@H]1CCN(c2nsc3ccccc23)C1. The van der Waals surface area contributed by atoms with E-state index in [-0.39, 0.29) is 6.10 Å². The highest BCUT2D eigenvalue weighted by molar-refractivity contribution is 7.13. The van der Waals surface area contributed by atoms with Crippen LogP contribution in [0.2, 0.25) is 0 Å². The summed E-state index contributed by atoms with van der Waals surface area (Å²) in [6.07, 6.45) is 0.664. The molecule has 0 amide bonds. The monoisotopic (exact) mass is 220 g/mol. The second-order valence-electron chi connectivity index (χ2n) is 3.89. The smallest absolute Gasteiger partial charge is 0.150 e. The lowest BCUT2D eigenvalue weighted by molar-refractivity contribution is 0.198. The summed E-state index contributed by atoms with van der Waals surface area (Å²) in [5.74, 6) is 1.03. The molecule has 0 spiro atoms. The molecule has 15 heavy (non-hydrogen) atoms. The number of anilines is 1. The van der Waals surface area contributed by atoms with Gasteiger partial charge >= 0.3 is 0 Å². The van der Waals surface area contributed by atoms with Crippen molar-refractivity contribution in [2.75, 3.05) is 18.0 Å². The van der Waals surface area contributed by atoms with E-state index >= 15 is 0 Å². The Labute approximate surface area is 92.1 Å². The Morgan fingerprint density at radius 3 is 3.07 bits per heavy atom. The topological polar surface area (TPSA) is 36.4 Å². The highest BCUT2D eigenvalue weighted by Gasteiger charge is 2.23. The molecule has 3 rings (SSSR count). The summed E-state index contributed by atoms with van der Waals surface area (Å²) in [6, 6.07) is 8.25. The first kappa shape index (κ1) is 9.12. The summed E-state index contributed by atoms with van der Waals surface area (Å²) in [5.41, 5.74) is 0. The van der Waals surface area contributed by atoms with Crippen LogP contribution in [0.1, 0.15) is 6.42 Å². The van der Waals surface area contributed by atoms with E-state index in [2.05, 4.69) is 21.4 Å². The number of nitrogens with zero attached hydrogens (tertiary/aromatic N) is 2. The molecule has 1 aliphatic rings. The highest BCUT2D eigenvalue weighted by Crippen LogP contribution is 2.31. The molecular formula is C11H12N2OS. The fourth-order valence-electron chi connectivity index (χ4n) is 2.03. The molecule has 0 unspecified atom stereocenters. The Morgan fingerprint density at radius 1 is 1.40 bits per heavy atom. The Balaban J connectivity index is 2.04. The average Bonchev–Trinajstić information content (AvgIpc) is 2.83. The van der Waals surface area contributed by atoms with Gasteiger partial charge in [-0.1, -0.05) is 12.1 Å². The minimum absolute atomic E-state index is 0.189. The van der Waals surface area contributed by atoms with Crippen LogP contribution in [0, 0.1) is 0 Å². The minimum atomic E-state index is -0.189. The Bertz CT molecular complexity index is 482. The molecule has 0 aliphatic carbocycles. The second kappa shape index (κ2) is 3.47. The number of fused-ring (bicyclic) bond motifs is 1. The van der Waals surface area contributed by atoms with Crippen molar-refractivity contribution in [1.29, 1.82) is 0 Å². The standard InChI is InChI=1S/C11H12N2OS/c14-8-5-6-13(7-8)11-9-3-1-2-4-10(9)15-12-11/h1-4,8,14H,5-7H2/t8-/m0/s1. The van der Waals surface area contributed by atoms with Gasteiger partial charge in [-0.3, -0.25) is 0 Å². The van der Waals surface area contributed by atoms with E-state index in [1.54, 1.807) is 0 Å². The molecule has 1 saturated heterocycles. The zero-order valence-corrected chi connectivity index (χ0v) is 9.07. The third-order valence-corrected chi connectivity index (χ3v) is 3.64. The molecule has 0 radical (unpaired) electrons. The third kappa shape index (κ3) is 1.50. The quantitative estimate of drug-likeness (QED) is 0.797. The molecule has 1 aromatic carbocycles. The summed E-state index contributed by atoms with van der Waals surface area (Å²) >= 11 is 1.53. The van der Waals surface area contributed by atoms with Gasteiger partial charge in [0.25, 0.3) is 0 Å². The predicted octanol–water partition coefficient (Wildman–Crippen LogP) is 1.87. The number of β-amino-alcohol motifs (C(OH)–C–C–N with tert-alkyl or cyclic N) is 1. The number of hydrogen-bond donors (Lipinski definition) is 1. The maximum absolute atomic E-state index is 9.50. The summed E-state index contributed by atoms with van der Waals surface area (Å²) in [4.78, 5) is 2.17. The van der Waals surface area contributed by atoms with Gasteiger partial charge in [0.2, 0.25) is 0 Å². The molecule has 1 aliphatic heterocycles. The van der Waals surface area contributed by atoms with Crippen molar-refractivity contribution in [2.24, 2.45) is 0 Å². The molecule has 1 N–H and O–H groups in total. The molecule has 3 nitrogen and oxygen atoms in total. The van der Waals surface area contributed by atoms with E-state index in [0.717, 1.165) is 18.8 Å². The van der Waals surface area contributed by atoms with Crippen LogP contribution in [0.4, 0.5) is 5.82 Å². The van der Waals surface area contributed by atoms with Crippen molar-refractivity contribution in [3.8, 4) is 0 Å². The number of aliphatic hydroxyl groups is 1. The van der Waals surface area contributed by atoms with Gasteiger partial charge in [0.15, 0.2) is 0 Å². The third-order valence-electron chi connectivity index (χ3n) is 2.82. The number of hydrogen-bond acceptors (Lipinski definition) is 4. The number of benzene rings is 1. The van der Waals surface area contributed by atoms with Gasteiger partial charge in [0, 0.05) is 18.5 Å². The minimum Gasteiger partial charge on any atom is -0.391 e. The van der Waals surface area contributed by atoms with Crippen LogP contribution < -0.4 is 4.90 Å². The molecule has 1 aromatic heterocycles. The number of aromatic nitrogens is 1. The lowest BCUT2D eigenvalue weighted by atomic mass is 10.2.